The SMILES string of the molecule is NC(=O)n1cc(NC(=O)N2C[C@H](F)C[C@H]2C(=O)NCc2cc(C(=O)N3CCOCC3)cc(Cl)c2F)c2ccccc21. The number of nitrogens with zero attached hydrogens (tertiary/aromatic N) is 3. The second-order valence-corrected chi connectivity index (χ2v) is 10.2. The Morgan fingerprint density at radius 1 is 1.12 bits per heavy atom. The Morgan fingerprint density at radius 3 is 2.59 bits per heavy atom. The van der Waals surface area contributed by atoms with E-state index in [4.69, 9.17) is 22.1 Å². The molecule has 2 saturated heterocycles. The Hall–Kier alpha value is -4.23. The number of urea groups is 1. The van der Waals surface area contributed by atoms with Crippen molar-refractivity contribution >= 4 is 52.1 Å². The molecule has 41 heavy (non-hydrogen) atoms. The topological polar surface area (TPSA) is 139 Å². The largest absolute Gasteiger partial charge is 0.378 e. The molecule has 0 unspecified atom stereocenters. The minimum Gasteiger partial charge on any atom is -0.378 e. The number of para-hydroxylation sites is 1. The monoisotopic (exact) mass is 588 g/mol. The van der Waals surface area contributed by atoms with Crippen LogP contribution in [0.1, 0.15) is 22.3 Å². The zero-order chi connectivity index (χ0) is 29.3. The summed E-state index contributed by atoms with van der Waals surface area (Å²) in [5, 5.41) is 5.41. The molecule has 0 bridgehead atoms. The zero-order valence-electron chi connectivity index (χ0n) is 21.7. The molecule has 0 aliphatic carbocycles. The molecular formula is C27H27ClF2N6O5. The average molecular weight is 589 g/mol. The lowest BCUT2D eigenvalue weighted by Crippen LogP contribution is -2.47. The number of benzene rings is 2. The predicted molar refractivity (Wildman–Crippen MR) is 146 cm³/mol. The predicted octanol–water partition coefficient (Wildman–Crippen LogP) is 3.09. The van der Waals surface area contributed by atoms with Crippen LogP contribution >= 0.6 is 11.6 Å². The number of halogens is 3. The van der Waals surface area contributed by atoms with E-state index < -0.39 is 36.0 Å². The van der Waals surface area contributed by atoms with Gasteiger partial charge in [0.15, 0.2) is 0 Å². The molecular weight excluding hydrogens is 562 g/mol. The Balaban J connectivity index is 1.29. The highest BCUT2D eigenvalue weighted by Gasteiger charge is 2.40. The van der Waals surface area contributed by atoms with E-state index in [0.29, 0.717) is 37.2 Å². The van der Waals surface area contributed by atoms with Crippen molar-refractivity contribution in [3.8, 4) is 0 Å². The summed E-state index contributed by atoms with van der Waals surface area (Å²) >= 11 is 6.04. The molecule has 5 rings (SSSR count). The summed E-state index contributed by atoms with van der Waals surface area (Å²) in [5.74, 6) is -1.86. The number of hydrogen-bond acceptors (Lipinski definition) is 5. The molecule has 0 saturated carbocycles. The second kappa shape index (κ2) is 11.7. The third-order valence-corrected chi connectivity index (χ3v) is 7.38. The smallest absolute Gasteiger partial charge is 0.323 e. The number of anilines is 1. The van der Waals surface area contributed by atoms with Crippen LogP contribution in [-0.4, -0.2) is 83.3 Å². The van der Waals surface area contributed by atoms with Gasteiger partial charge in [0, 0.05) is 48.8 Å². The molecule has 2 aliphatic rings. The molecule has 11 nitrogen and oxygen atoms in total. The molecule has 0 radical (unpaired) electrons. The van der Waals surface area contributed by atoms with Crippen molar-refractivity contribution in [1.82, 2.24) is 19.7 Å². The number of fused-ring (bicyclic) bond motifs is 1. The van der Waals surface area contributed by atoms with Crippen molar-refractivity contribution in [2.24, 2.45) is 5.73 Å². The summed E-state index contributed by atoms with van der Waals surface area (Å²) in [4.78, 5) is 53.5. The Bertz CT molecular complexity index is 1530. The highest BCUT2D eigenvalue weighted by atomic mass is 35.5. The standard InChI is InChI=1S/C27H27ClF2N6O5/c28-19-10-15(25(38)34-5-7-41-8-6-34)9-16(23(19)30)12-32-24(37)22-11-17(29)13-36(22)27(40)33-20-14-35(26(31)39)21-4-2-1-3-18(20)21/h1-4,9-10,14,17,22H,5-8,11-13H2,(H2,31,39)(H,32,37)(H,33,40)/t17-,22+/m1/s1. The van der Waals surface area contributed by atoms with E-state index in [0.717, 1.165) is 9.47 Å². The van der Waals surface area contributed by atoms with E-state index in [1.165, 1.54) is 18.3 Å². The lowest BCUT2D eigenvalue weighted by atomic mass is 10.1. The number of alkyl halides is 1. The van der Waals surface area contributed by atoms with Crippen molar-refractivity contribution in [3.63, 3.8) is 0 Å². The Kier molecular flexibility index (Phi) is 8.08. The van der Waals surface area contributed by atoms with Crippen molar-refractivity contribution in [2.75, 3.05) is 38.2 Å². The van der Waals surface area contributed by atoms with E-state index in [1.807, 2.05) is 0 Å². The van der Waals surface area contributed by atoms with Crippen LogP contribution in [0.3, 0.4) is 0 Å². The lowest BCUT2D eigenvalue weighted by molar-refractivity contribution is -0.124. The summed E-state index contributed by atoms with van der Waals surface area (Å²) in [6.07, 6.45) is -0.383. The van der Waals surface area contributed by atoms with Gasteiger partial charge in [-0.3, -0.25) is 14.2 Å². The van der Waals surface area contributed by atoms with Crippen molar-refractivity contribution in [2.45, 2.75) is 25.2 Å². The number of primary amides is 1. The van der Waals surface area contributed by atoms with Gasteiger partial charge in [-0.25, -0.2) is 18.4 Å². The summed E-state index contributed by atoms with van der Waals surface area (Å²) in [5.41, 5.74) is 6.27. The number of carbonyl (C=O) groups is 4. The Labute approximate surface area is 238 Å². The first-order valence-corrected chi connectivity index (χ1v) is 13.3. The van der Waals surface area contributed by atoms with Gasteiger partial charge < -0.3 is 30.9 Å². The molecule has 1 aromatic heterocycles. The number of nitrogens with one attached hydrogen (secondary N) is 2. The number of ether oxygens (including phenoxy) is 1. The van der Waals surface area contributed by atoms with Crippen LogP contribution in [0.5, 0.6) is 0 Å². The molecule has 2 atom stereocenters. The maximum absolute atomic E-state index is 14.8. The van der Waals surface area contributed by atoms with Gasteiger partial charge in [0.25, 0.3) is 5.91 Å². The van der Waals surface area contributed by atoms with Crippen LogP contribution in [0.25, 0.3) is 10.9 Å². The van der Waals surface area contributed by atoms with Gasteiger partial charge in [-0.2, -0.15) is 0 Å². The first-order valence-electron chi connectivity index (χ1n) is 12.9. The molecule has 0 spiro atoms. The maximum Gasteiger partial charge on any atom is 0.323 e. The molecule has 216 valence electrons. The van der Waals surface area contributed by atoms with E-state index in [2.05, 4.69) is 10.6 Å². The van der Waals surface area contributed by atoms with Gasteiger partial charge in [-0.1, -0.05) is 29.8 Å². The van der Waals surface area contributed by atoms with Gasteiger partial charge in [-0.15, -0.1) is 0 Å². The van der Waals surface area contributed by atoms with Crippen molar-refractivity contribution in [3.05, 3.63) is 64.6 Å². The maximum atomic E-state index is 14.8. The van der Waals surface area contributed by atoms with E-state index in [1.54, 1.807) is 29.2 Å². The fourth-order valence-corrected chi connectivity index (χ4v) is 5.29. The number of likely N-dealkylation sites (tertiary alicyclic amines) is 1. The average Bonchev–Trinajstić information content (AvgIpc) is 3.54. The van der Waals surface area contributed by atoms with Crippen LogP contribution in [0.2, 0.25) is 5.02 Å². The number of morpholine rings is 1. The van der Waals surface area contributed by atoms with Crippen LogP contribution in [-0.2, 0) is 16.1 Å². The fraction of sp³-hybridized carbons (Fsp3) is 0.333. The van der Waals surface area contributed by atoms with Crippen LogP contribution in [0.15, 0.2) is 42.6 Å². The molecule has 2 aromatic carbocycles. The Morgan fingerprint density at radius 2 is 1.85 bits per heavy atom. The van der Waals surface area contributed by atoms with Gasteiger partial charge in [0.05, 0.1) is 36.0 Å². The number of aromatic nitrogens is 1. The molecule has 4 N–H and O–H groups in total. The summed E-state index contributed by atoms with van der Waals surface area (Å²) in [6, 6.07) is 6.57. The summed E-state index contributed by atoms with van der Waals surface area (Å²) in [7, 11) is 0. The van der Waals surface area contributed by atoms with E-state index in [9.17, 15) is 28.0 Å². The fourth-order valence-electron chi connectivity index (χ4n) is 5.05. The first-order chi connectivity index (χ1) is 19.6. The van der Waals surface area contributed by atoms with Gasteiger partial charge in [0.1, 0.15) is 18.0 Å². The molecule has 5 amide bonds. The minimum absolute atomic E-state index is 0.0347. The van der Waals surface area contributed by atoms with E-state index in [-0.39, 0.29) is 47.3 Å². The third kappa shape index (κ3) is 5.81. The summed E-state index contributed by atoms with van der Waals surface area (Å²) < 4.78 is 35.7. The number of carbonyl (C=O) groups excluding carboxylic acids is 4. The highest BCUT2D eigenvalue weighted by Crippen LogP contribution is 2.28. The number of amides is 5. The quantitative estimate of drug-likeness (QED) is 0.420. The number of rotatable bonds is 5. The minimum atomic E-state index is -1.47. The lowest BCUT2D eigenvalue weighted by Gasteiger charge is -2.27. The second-order valence-electron chi connectivity index (χ2n) is 9.75. The van der Waals surface area contributed by atoms with Gasteiger partial charge in [0.2, 0.25) is 5.91 Å². The summed E-state index contributed by atoms with van der Waals surface area (Å²) in [6.45, 7) is 0.848. The molecule has 14 heteroatoms. The molecule has 3 heterocycles. The normalized spacial score (nSPS) is 18.9. The highest BCUT2D eigenvalue weighted by molar-refractivity contribution is 6.31. The van der Waals surface area contributed by atoms with Gasteiger partial charge >= 0.3 is 12.1 Å². The van der Waals surface area contributed by atoms with Crippen molar-refractivity contribution < 1.29 is 32.7 Å². The van der Waals surface area contributed by atoms with Crippen LogP contribution in [0, 0.1) is 5.82 Å². The molecule has 3 aromatic rings. The third-order valence-electron chi connectivity index (χ3n) is 7.11. The van der Waals surface area contributed by atoms with Crippen LogP contribution in [0.4, 0.5) is 24.1 Å². The molecule has 2 fully saturated rings. The van der Waals surface area contributed by atoms with Crippen LogP contribution < -0.4 is 16.4 Å². The van der Waals surface area contributed by atoms with Gasteiger partial charge in [-0.05, 0) is 18.2 Å². The number of hydrogen-bond donors (Lipinski definition) is 3. The first kappa shape index (κ1) is 28.3. The molecule has 2 aliphatic heterocycles. The van der Waals surface area contributed by atoms with E-state index >= 15 is 0 Å². The number of nitrogens with two attached hydrogens (primary N) is 1. The zero-order valence-corrected chi connectivity index (χ0v) is 22.5. The van der Waals surface area contributed by atoms with Crippen molar-refractivity contribution in [1.29, 1.82) is 0 Å².